The smallest absolute Gasteiger partial charge is 0.208 e. The molecule has 0 heterocycles. The maximum Gasteiger partial charge on any atom is 0.241 e. The third-order valence-electron chi connectivity index (χ3n) is 3.92. The molecule has 0 unspecified atom stereocenters. The highest BCUT2D eigenvalue weighted by Gasteiger charge is 2.26. The van der Waals surface area contributed by atoms with Crippen molar-refractivity contribution in [3.8, 4) is 6.07 Å². The van der Waals surface area contributed by atoms with Crippen LogP contribution in [0.3, 0.4) is 0 Å². The SMILES string of the molecule is CSC1CCC(NS(=O)(=O)c2ccc(C#N)cc2C)CC1. The normalized spacial score (nSPS) is 22.7. The second-order valence-corrected chi connectivity index (χ2v) is 8.24. The van der Waals surface area contributed by atoms with E-state index in [9.17, 15) is 8.42 Å². The average Bonchev–Trinajstić information content (AvgIpc) is 2.47. The Morgan fingerprint density at radius 1 is 1.29 bits per heavy atom. The lowest BCUT2D eigenvalue weighted by molar-refractivity contribution is 0.420. The van der Waals surface area contributed by atoms with Crippen LogP contribution in [0.15, 0.2) is 23.1 Å². The predicted molar refractivity (Wildman–Crippen MR) is 85.8 cm³/mol. The Balaban J connectivity index is 2.11. The minimum atomic E-state index is -3.51. The summed E-state index contributed by atoms with van der Waals surface area (Å²) in [6.45, 7) is 1.72. The van der Waals surface area contributed by atoms with Crippen molar-refractivity contribution < 1.29 is 8.42 Å². The lowest BCUT2D eigenvalue weighted by Crippen LogP contribution is -2.38. The Kier molecular flexibility index (Phi) is 5.31. The zero-order chi connectivity index (χ0) is 15.5. The number of aryl methyl sites for hydroxylation is 1. The summed E-state index contributed by atoms with van der Waals surface area (Å²) in [7, 11) is -3.51. The summed E-state index contributed by atoms with van der Waals surface area (Å²) >= 11 is 1.86. The van der Waals surface area contributed by atoms with E-state index in [4.69, 9.17) is 5.26 Å². The van der Waals surface area contributed by atoms with Crippen molar-refractivity contribution in [1.82, 2.24) is 4.72 Å². The van der Waals surface area contributed by atoms with Crippen LogP contribution in [0.1, 0.15) is 36.8 Å². The van der Waals surface area contributed by atoms with Gasteiger partial charge >= 0.3 is 0 Å². The van der Waals surface area contributed by atoms with Crippen LogP contribution in [0.5, 0.6) is 0 Å². The molecule has 0 aromatic heterocycles. The van der Waals surface area contributed by atoms with Gasteiger partial charge in [-0.15, -0.1) is 0 Å². The lowest BCUT2D eigenvalue weighted by Gasteiger charge is -2.28. The molecule has 0 radical (unpaired) electrons. The average molecular weight is 324 g/mol. The van der Waals surface area contributed by atoms with Crippen LogP contribution in [0.4, 0.5) is 0 Å². The predicted octanol–water partition coefficient (Wildman–Crippen LogP) is 2.82. The van der Waals surface area contributed by atoms with Gasteiger partial charge in [0.15, 0.2) is 0 Å². The van der Waals surface area contributed by atoms with Gasteiger partial charge in [0.1, 0.15) is 0 Å². The molecule has 4 nitrogen and oxygen atoms in total. The van der Waals surface area contributed by atoms with E-state index in [0.29, 0.717) is 16.4 Å². The van der Waals surface area contributed by atoms with E-state index in [1.165, 1.54) is 6.07 Å². The molecule has 114 valence electrons. The summed E-state index contributed by atoms with van der Waals surface area (Å²) in [5, 5.41) is 9.50. The monoisotopic (exact) mass is 324 g/mol. The molecule has 0 saturated heterocycles. The first-order valence-electron chi connectivity index (χ1n) is 7.02. The van der Waals surface area contributed by atoms with Gasteiger partial charge in [-0.1, -0.05) is 0 Å². The standard InChI is InChI=1S/C15H20N2O2S2/c1-11-9-12(10-16)3-8-15(11)21(18,19)17-13-4-6-14(20-2)7-5-13/h3,8-9,13-14,17H,4-7H2,1-2H3. The molecule has 2 rings (SSSR count). The zero-order valence-corrected chi connectivity index (χ0v) is 13.9. The molecule has 0 bridgehead atoms. The molecule has 0 atom stereocenters. The van der Waals surface area contributed by atoms with Gasteiger partial charge in [0, 0.05) is 11.3 Å². The van der Waals surface area contributed by atoms with Gasteiger partial charge in [0.05, 0.1) is 16.5 Å². The highest BCUT2D eigenvalue weighted by atomic mass is 32.2. The van der Waals surface area contributed by atoms with E-state index in [2.05, 4.69) is 11.0 Å². The molecule has 1 saturated carbocycles. The third kappa shape index (κ3) is 4.00. The van der Waals surface area contributed by atoms with E-state index in [1.54, 1.807) is 19.1 Å². The number of sulfonamides is 1. The van der Waals surface area contributed by atoms with Crippen molar-refractivity contribution in [2.24, 2.45) is 0 Å². The number of hydrogen-bond donors (Lipinski definition) is 1. The molecule has 1 fully saturated rings. The van der Waals surface area contributed by atoms with E-state index >= 15 is 0 Å². The van der Waals surface area contributed by atoms with Crippen molar-refractivity contribution >= 4 is 21.8 Å². The Morgan fingerprint density at radius 3 is 2.48 bits per heavy atom. The van der Waals surface area contributed by atoms with Crippen LogP contribution in [0, 0.1) is 18.3 Å². The fourth-order valence-corrected chi connectivity index (χ4v) is 4.99. The second kappa shape index (κ2) is 6.82. The van der Waals surface area contributed by atoms with Gasteiger partial charge in [-0.3, -0.25) is 0 Å². The minimum absolute atomic E-state index is 0.0217. The van der Waals surface area contributed by atoms with Crippen molar-refractivity contribution in [2.45, 2.75) is 48.8 Å². The molecule has 21 heavy (non-hydrogen) atoms. The zero-order valence-electron chi connectivity index (χ0n) is 12.3. The van der Waals surface area contributed by atoms with E-state index in [1.807, 2.05) is 17.8 Å². The van der Waals surface area contributed by atoms with Crippen molar-refractivity contribution in [3.05, 3.63) is 29.3 Å². The Bertz CT molecular complexity index is 642. The molecule has 0 spiro atoms. The molecule has 1 aromatic carbocycles. The summed E-state index contributed by atoms with van der Waals surface area (Å²) in [6.07, 6.45) is 6.00. The summed E-state index contributed by atoms with van der Waals surface area (Å²) in [5.41, 5.74) is 1.09. The molecular formula is C15H20N2O2S2. The Morgan fingerprint density at radius 2 is 1.95 bits per heavy atom. The van der Waals surface area contributed by atoms with Crippen LogP contribution >= 0.6 is 11.8 Å². The highest BCUT2D eigenvalue weighted by Crippen LogP contribution is 2.28. The molecule has 1 aliphatic carbocycles. The topological polar surface area (TPSA) is 70.0 Å². The summed E-state index contributed by atoms with van der Waals surface area (Å²) in [4.78, 5) is 0.272. The summed E-state index contributed by atoms with van der Waals surface area (Å²) in [6, 6.07) is 6.72. The first kappa shape index (κ1) is 16.3. The van der Waals surface area contributed by atoms with Crippen LogP contribution in [0.25, 0.3) is 0 Å². The molecule has 0 amide bonds. The van der Waals surface area contributed by atoms with Crippen LogP contribution in [-0.4, -0.2) is 26.0 Å². The van der Waals surface area contributed by atoms with Crippen molar-refractivity contribution in [3.63, 3.8) is 0 Å². The van der Waals surface area contributed by atoms with Gasteiger partial charge in [0.25, 0.3) is 0 Å². The maximum atomic E-state index is 12.5. The molecular weight excluding hydrogens is 304 g/mol. The van der Waals surface area contributed by atoms with Gasteiger partial charge in [-0.2, -0.15) is 17.0 Å². The Hall–Kier alpha value is -1.03. The highest BCUT2D eigenvalue weighted by molar-refractivity contribution is 7.99. The Labute approximate surface area is 131 Å². The summed E-state index contributed by atoms with van der Waals surface area (Å²) < 4.78 is 27.8. The van der Waals surface area contributed by atoms with E-state index < -0.39 is 10.0 Å². The van der Waals surface area contributed by atoms with E-state index in [-0.39, 0.29) is 10.9 Å². The van der Waals surface area contributed by atoms with Gasteiger partial charge in [0.2, 0.25) is 10.0 Å². The molecule has 1 aliphatic rings. The quantitative estimate of drug-likeness (QED) is 0.924. The van der Waals surface area contributed by atoms with Crippen LogP contribution < -0.4 is 4.72 Å². The molecule has 6 heteroatoms. The summed E-state index contributed by atoms with van der Waals surface area (Å²) in [5.74, 6) is 0. The number of hydrogen-bond acceptors (Lipinski definition) is 4. The molecule has 0 aliphatic heterocycles. The fraction of sp³-hybridized carbons (Fsp3) is 0.533. The van der Waals surface area contributed by atoms with Crippen molar-refractivity contribution in [1.29, 1.82) is 5.26 Å². The number of nitrogens with one attached hydrogen (secondary N) is 1. The van der Waals surface area contributed by atoms with Gasteiger partial charge in [-0.25, -0.2) is 13.1 Å². The van der Waals surface area contributed by atoms with Gasteiger partial charge in [-0.05, 0) is 62.6 Å². The number of nitriles is 1. The number of thioether (sulfide) groups is 1. The number of nitrogens with zero attached hydrogens (tertiary/aromatic N) is 1. The molecule has 1 aromatic rings. The fourth-order valence-electron chi connectivity index (χ4n) is 2.72. The largest absolute Gasteiger partial charge is 0.241 e. The number of rotatable bonds is 4. The first-order valence-corrected chi connectivity index (χ1v) is 9.79. The van der Waals surface area contributed by atoms with Crippen LogP contribution in [0.2, 0.25) is 0 Å². The van der Waals surface area contributed by atoms with Crippen LogP contribution in [-0.2, 0) is 10.0 Å². The molecule has 1 N–H and O–H groups in total. The first-order chi connectivity index (χ1) is 9.96. The van der Waals surface area contributed by atoms with Crippen molar-refractivity contribution in [2.75, 3.05) is 6.26 Å². The minimum Gasteiger partial charge on any atom is -0.208 e. The van der Waals surface area contributed by atoms with Gasteiger partial charge < -0.3 is 0 Å². The number of benzene rings is 1. The van der Waals surface area contributed by atoms with E-state index in [0.717, 1.165) is 25.7 Å². The second-order valence-electron chi connectivity index (χ2n) is 5.42. The maximum absolute atomic E-state index is 12.5. The lowest BCUT2D eigenvalue weighted by atomic mass is 9.96. The third-order valence-corrected chi connectivity index (χ3v) is 6.74.